The van der Waals surface area contributed by atoms with Gasteiger partial charge in [0.25, 0.3) is 0 Å². The molecule has 2 N–H and O–H groups in total. The standard InChI is InChI=1S/C15H22N2O2.ClH/c1-19-13-8-5-9-17(11-13)15(18)14(16)10-12-6-3-2-4-7-12;/h2-4,6-7,13-14H,5,8-11,16H2,1H3;1H. The zero-order chi connectivity index (χ0) is 13.7. The number of amides is 1. The van der Waals surface area contributed by atoms with Crippen molar-refractivity contribution in [2.24, 2.45) is 5.73 Å². The Hall–Kier alpha value is -1.10. The van der Waals surface area contributed by atoms with Gasteiger partial charge in [-0.05, 0) is 24.8 Å². The molecule has 0 spiro atoms. The zero-order valence-corrected chi connectivity index (χ0v) is 12.6. The Morgan fingerprint density at radius 1 is 1.45 bits per heavy atom. The average molecular weight is 299 g/mol. The lowest BCUT2D eigenvalue weighted by Crippen LogP contribution is -2.50. The second kappa shape index (κ2) is 8.25. The molecule has 1 amide bonds. The fourth-order valence-electron chi connectivity index (χ4n) is 2.52. The number of halogens is 1. The monoisotopic (exact) mass is 298 g/mol. The number of ether oxygens (including phenoxy) is 1. The molecule has 1 heterocycles. The van der Waals surface area contributed by atoms with E-state index in [2.05, 4.69) is 0 Å². The molecule has 0 bridgehead atoms. The summed E-state index contributed by atoms with van der Waals surface area (Å²) in [5.74, 6) is 0.0330. The highest BCUT2D eigenvalue weighted by Crippen LogP contribution is 2.14. The first kappa shape index (κ1) is 17.0. The lowest BCUT2D eigenvalue weighted by molar-refractivity contribution is -0.136. The lowest BCUT2D eigenvalue weighted by Gasteiger charge is -2.33. The van der Waals surface area contributed by atoms with Crippen molar-refractivity contribution in [1.29, 1.82) is 0 Å². The molecule has 1 aromatic rings. The number of carbonyl (C=O) groups excluding carboxylic acids is 1. The van der Waals surface area contributed by atoms with E-state index in [0.717, 1.165) is 24.9 Å². The smallest absolute Gasteiger partial charge is 0.239 e. The van der Waals surface area contributed by atoms with E-state index in [9.17, 15) is 4.79 Å². The minimum atomic E-state index is -0.460. The SMILES string of the molecule is COC1CCCN(C(=O)C(N)Cc2ccccc2)C1.Cl. The summed E-state index contributed by atoms with van der Waals surface area (Å²) in [6.45, 7) is 1.46. The summed E-state index contributed by atoms with van der Waals surface area (Å²) in [6, 6.07) is 9.44. The fraction of sp³-hybridized carbons (Fsp3) is 0.533. The maximum absolute atomic E-state index is 12.3. The van der Waals surface area contributed by atoms with Gasteiger partial charge in [0.05, 0.1) is 12.1 Å². The summed E-state index contributed by atoms with van der Waals surface area (Å²) in [5, 5.41) is 0. The summed E-state index contributed by atoms with van der Waals surface area (Å²) < 4.78 is 5.33. The molecule has 2 atom stereocenters. The zero-order valence-electron chi connectivity index (χ0n) is 11.8. The van der Waals surface area contributed by atoms with Gasteiger partial charge in [-0.3, -0.25) is 4.79 Å². The molecule has 5 heteroatoms. The lowest BCUT2D eigenvalue weighted by atomic mass is 10.0. The Morgan fingerprint density at radius 3 is 2.80 bits per heavy atom. The van der Waals surface area contributed by atoms with Crippen LogP contribution in [0.3, 0.4) is 0 Å². The van der Waals surface area contributed by atoms with Crippen molar-refractivity contribution in [3.8, 4) is 0 Å². The summed E-state index contributed by atoms with van der Waals surface area (Å²) in [4.78, 5) is 14.1. The number of nitrogens with zero attached hydrogens (tertiary/aromatic N) is 1. The number of hydrogen-bond donors (Lipinski definition) is 1. The van der Waals surface area contributed by atoms with Crippen molar-refractivity contribution < 1.29 is 9.53 Å². The molecule has 0 radical (unpaired) electrons. The van der Waals surface area contributed by atoms with Gasteiger partial charge in [-0.15, -0.1) is 12.4 Å². The van der Waals surface area contributed by atoms with Gasteiger partial charge in [0, 0.05) is 20.2 Å². The van der Waals surface area contributed by atoms with E-state index in [4.69, 9.17) is 10.5 Å². The molecule has 0 aromatic heterocycles. The largest absolute Gasteiger partial charge is 0.380 e. The second-order valence-corrected chi connectivity index (χ2v) is 5.08. The van der Waals surface area contributed by atoms with Crippen LogP contribution < -0.4 is 5.73 Å². The van der Waals surface area contributed by atoms with Gasteiger partial charge >= 0.3 is 0 Å². The minimum Gasteiger partial charge on any atom is -0.380 e. The average Bonchev–Trinajstić information content (AvgIpc) is 2.47. The Bertz CT molecular complexity index is 414. The molecule has 1 fully saturated rings. The van der Waals surface area contributed by atoms with Crippen LogP contribution in [0.4, 0.5) is 0 Å². The van der Waals surface area contributed by atoms with E-state index in [1.165, 1.54) is 0 Å². The Labute approximate surface area is 126 Å². The molecule has 1 saturated heterocycles. The molecule has 1 aliphatic heterocycles. The van der Waals surface area contributed by atoms with Crippen LogP contribution in [0.25, 0.3) is 0 Å². The highest BCUT2D eigenvalue weighted by Gasteiger charge is 2.26. The molecule has 1 aromatic carbocycles. The Morgan fingerprint density at radius 2 is 2.15 bits per heavy atom. The van der Waals surface area contributed by atoms with E-state index in [1.54, 1.807) is 7.11 Å². The van der Waals surface area contributed by atoms with E-state index in [1.807, 2.05) is 35.2 Å². The van der Waals surface area contributed by atoms with Gasteiger partial charge < -0.3 is 15.4 Å². The number of likely N-dealkylation sites (tertiary alicyclic amines) is 1. The van der Waals surface area contributed by atoms with Gasteiger partial charge in [-0.25, -0.2) is 0 Å². The third-order valence-corrected chi connectivity index (χ3v) is 3.64. The quantitative estimate of drug-likeness (QED) is 0.919. The van der Waals surface area contributed by atoms with Crippen LogP contribution in [0.2, 0.25) is 0 Å². The van der Waals surface area contributed by atoms with Crippen molar-refractivity contribution >= 4 is 18.3 Å². The summed E-state index contributed by atoms with van der Waals surface area (Å²) in [7, 11) is 1.70. The number of benzene rings is 1. The molecule has 0 aliphatic carbocycles. The first-order valence-corrected chi connectivity index (χ1v) is 6.82. The molecular weight excluding hydrogens is 276 g/mol. The first-order valence-electron chi connectivity index (χ1n) is 6.82. The van der Waals surface area contributed by atoms with E-state index < -0.39 is 6.04 Å². The van der Waals surface area contributed by atoms with Crippen molar-refractivity contribution in [3.05, 3.63) is 35.9 Å². The van der Waals surface area contributed by atoms with Crippen molar-refractivity contribution in [2.75, 3.05) is 20.2 Å². The van der Waals surface area contributed by atoms with Gasteiger partial charge in [-0.2, -0.15) is 0 Å². The maximum atomic E-state index is 12.3. The number of rotatable bonds is 4. The van der Waals surface area contributed by atoms with Crippen LogP contribution in [0, 0.1) is 0 Å². The predicted octanol–water partition coefficient (Wildman–Crippen LogP) is 1.62. The topological polar surface area (TPSA) is 55.6 Å². The molecule has 2 rings (SSSR count). The highest BCUT2D eigenvalue weighted by atomic mass is 35.5. The van der Waals surface area contributed by atoms with Crippen LogP contribution in [-0.2, 0) is 16.0 Å². The number of methoxy groups -OCH3 is 1. The fourth-order valence-corrected chi connectivity index (χ4v) is 2.52. The molecular formula is C15H23ClN2O2. The summed E-state index contributed by atoms with van der Waals surface area (Å²) in [5.41, 5.74) is 7.14. The number of carbonyl (C=O) groups is 1. The molecule has 20 heavy (non-hydrogen) atoms. The summed E-state index contributed by atoms with van der Waals surface area (Å²) in [6.07, 6.45) is 2.76. The number of nitrogens with two attached hydrogens (primary N) is 1. The molecule has 0 saturated carbocycles. The van der Waals surface area contributed by atoms with Gasteiger partial charge in [0.15, 0.2) is 0 Å². The number of hydrogen-bond acceptors (Lipinski definition) is 3. The Balaban J connectivity index is 0.00000200. The van der Waals surface area contributed by atoms with E-state index >= 15 is 0 Å². The first-order chi connectivity index (χ1) is 9.20. The van der Waals surface area contributed by atoms with Crippen molar-refractivity contribution in [2.45, 2.75) is 31.4 Å². The van der Waals surface area contributed by atoms with Crippen LogP contribution in [-0.4, -0.2) is 43.2 Å². The van der Waals surface area contributed by atoms with Gasteiger partial charge in [-0.1, -0.05) is 30.3 Å². The van der Waals surface area contributed by atoms with Crippen LogP contribution in [0.15, 0.2) is 30.3 Å². The minimum absolute atomic E-state index is 0. The molecule has 4 nitrogen and oxygen atoms in total. The van der Waals surface area contributed by atoms with Crippen molar-refractivity contribution in [1.82, 2.24) is 4.90 Å². The van der Waals surface area contributed by atoms with Crippen LogP contribution >= 0.6 is 12.4 Å². The second-order valence-electron chi connectivity index (χ2n) is 5.08. The molecule has 1 aliphatic rings. The van der Waals surface area contributed by atoms with E-state index in [0.29, 0.717) is 13.0 Å². The normalized spacial score (nSPS) is 20.1. The highest BCUT2D eigenvalue weighted by molar-refractivity contribution is 5.85. The predicted molar refractivity (Wildman–Crippen MR) is 82.0 cm³/mol. The molecule has 2 unspecified atom stereocenters. The third-order valence-electron chi connectivity index (χ3n) is 3.64. The van der Waals surface area contributed by atoms with Crippen LogP contribution in [0.1, 0.15) is 18.4 Å². The summed E-state index contributed by atoms with van der Waals surface area (Å²) >= 11 is 0. The van der Waals surface area contributed by atoms with Gasteiger partial charge in [0.2, 0.25) is 5.91 Å². The van der Waals surface area contributed by atoms with E-state index in [-0.39, 0.29) is 24.4 Å². The Kier molecular flexibility index (Phi) is 6.99. The van der Waals surface area contributed by atoms with Crippen LogP contribution in [0.5, 0.6) is 0 Å². The molecule has 112 valence electrons. The number of piperidine rings is 1. The van der Waals surface area contributed by atoms with Crippen molar-refractivity contribution in [3.63, 3.8) is 0 Å². The maximum Gasteiger partial charge on any atom is 0.239 e. The third kappa shape index (κ3) is 4.47. The van der Waals surface area contributed by atoms with Gasteiger partial charge in [0.1, 0.15) is 0 Å².